The summed E-state index contributed by atoms with van der Waals surface area (Å²) in [4.78, 5) is 8.91. The van der Waals surface area contributed by atoms with E-state index in [-0.39, 0.29) is 0 Å². The second kappa shape index (κ2) is 7.17. The third-order valence-corrected chi connectivity index (χ3v) is 3.58. The van der Waals surface area contributed by atoms with Gasteiger partial charge in [0.15, 0.2) is 11.5 Å². The molecular formula is C17H22N4O2. The number of hydrogen-bond donors (Lipinski definition) is 2. The molecule has 1 aromatic carbocycles. The minimum absolute atomic E-state index is 0.296. The Morgan fingerprint density at radius 3 is 2.83 bits per heavy atom. The van der Waals surface area contributed by atoms with Crippen molar-refractivity contribution in [1.29, 1.82) is 0 Å². The molecule has 3 rings (SSSR count). The van der Waals surface area contributed by atoms with Crippen LogP contribution in [-0.4, -0.2) is 23.3 Å². The van der Waals surface area contributed by atoms with Gasteiger partial charge >= 0.3 is 0 Å². The first-order valence-corrected chi connectivity index (χ1v) is 7.96. The molecule has 2 aromatic rings. The lowest BCUT2D eigenvalue weighted by Crippen LogP contribution is -2.09. The summed E-state index contributed by atoms with van der Waals surface area (Å²) in [7, 11) is 0. The van der Waals surface area contributed by atoms with E-state index < -0.39 is 0 Å². The van der Waals surface area contributed by atoms with Crippen LogP contribution < -0.4 is 20.1 Å². The number of aromatic nitrogens is 2. The van der Waals surface area contributed by atoms with E-state index in [4.69, 9.17) is 9.47 Å². The zero-order valence-electron chi connectivity index (χ0n) is 13.6. The van der Waals surface area contributed by atoms with Crippen LogP contribution in [0.4, 0.5) is 11.8 Å². The van der Waals surface area contributed by atoms with Gasteiger partial charge in [-0.2, -0.15) is 4.98 Å². The zero-order chi connectivity index (χ0) is 16.1. The summed E-state index contributed by atoms with van der Waals surface area (Å²) in [5.41, 5.74) is 2.05. The molecule has 2 heterocycles. The molecule has 6 heteroatoms. The van der Waals surface area contributed by atoms with Crippen molar-refractivity contribution in [2.45, 2.75) is 33.2 Å². The Kier molecular flexibility index (Phi) is 4.80. The highest BCUT2D eigenvalue weighted by atomic mass is 16.7. The van der Waals surface area contributed by atoms with Crippen LogP contribution >= 0.6 is 0 Å². The standard InChI is InChI=1S/C17H22N4O2/c1-3-4-7-18-17-20-12(2)8-16(21-17)19-10-13-5-6-14-15(9-13)23-11-22-14/h5-6,8-9H,3-4,7,10-11H2,1-2H3,(H2,18,19,20,21). The van der Waals surface area contributed by atoms with Crippen molar-refractivity contribution in [3.8, 4) is 11.5 Å². The lowest BCUT2D eigenvalue weighted by Gasteiger charge is -2.10. The number of unbranched alkanes of at least 4 members (excludes halogenated alkanes) is 1. The summed E-state index contributed by atoms with van der Waals surface area (Å²) >= 11 is 0. The van der Waals surface area contributed by atoms with E-state index in [0.29, 0.717) is 19.3 Å². The van der Waals surface area contributed by atoms with Gasteiger partial charge in [-0.3, -0.25) is 0 Å². The van der Waals surface area contributed by atoms with Crippen LogP contribution in [0.3, 0.4) is 0 Å². The normalized spacial score (nSPS) is 12.3. The van der Waals surface area contributed by atoms with E-state index in [1.165, 1.54) is 0 Å². The maximum absolute atomic E-state index is 5.40. The number of fused-ring (bicyclic) bond motifs is 1. The number of benzene rings is 1. The third kappa shape index (κ3) is 4.03. The highest BCUT2D eigenvalue weighted by Gasteiger charge is 2.13. The van der Waals surface area contributed by atoms with Crippen molar-refractivity contribution >= 4 is 11.8 Å². The van der Waals surface area contributed by atoms with E-state index >= 15 is 0 Å². The van der Waals surface area contributed by atoms with Gasteiger partial charge in [0.25, 0.3) is 0 Å². The van der Waals surface area contributed by atoms with Crippen molar-refractivity contribution in [2.24, 2.45) is 0 Å². The lowest BCUT2D eigenvalue weighted by atomic mass is 10.2. The van der Waals surface area contributed by atoms with Crippen LogP contribution in [0.5, 0.6) is 11.5 Å². The number of ether oxygens (including phenoxy) is 2. The molecule has 6 nitrogen and oxygen atoms in total. The molecule has 0 aliphatic carbocycles. The minimum Gasteiger partial charge on any atom is -0.454 e. The largest absolute Gasteiger partial charge is 0.454 e. The van der Waals surface area contributed by atoms with Gasteiger partial charge in [-0.25, -0.2) is 4.98 Å². The van der Waals surface area contributed by atoms with Crippen molar-refractivity contribution in [3.05, 3.63) is 35.5 Å². The quantitative estimate of drug-likeness (QED) is 0.764. The lowest BCUT2D eigenvalue weighted by molar-refractivity contribution is 0.174. The molecule has 23 heavy (non-hydrogen) atoms. The highest BCUT2D eigenvalue weighted by Crippen LogP contribution is 2.32. The number of aryl methyl sites for hydroxylation is 1. The summed E-state index contributed by atoms with van der Waals surface area (Å²) in [5, 5.41) is 6.60. The number of rotatable bonds is 7. The van der Waals surface area contributed by atoms with E-state index in [2.05, 4.69) is 27.5 Å². The van der Waals surface area contributed by atoms with Crippen LogP contribution in [0.15, 0.2) is 24.3 Å². The fourth-order valence-electron chi connectivity index (χ4n) is 2.36. The average Bonchev–Trinajstić information content (AvgIpc) is 3.00. The SMILES string of the molecule is CCCCNc1nc(C)cc(NCc2ccc3c(c2)OCO3)n1. The van der Waals surface area contributed by atoms with Gasteiger partial charge in [0.1, 0.15) is 5.82 Å². The fourth-order valence-corrected chi connectivity index (χ4v) is 2.36. The Bertz CT molecular complexity index is 676. The molecule has 0 bridgehead atoms. The van der Waals surface area contributed by atoms with Gasteiger partial charge in [-0.1, -0.05) is 19.4 Å². The summed E-state index contributed by atoms with van der Waals surface area (Å²) in [6, 6.07) is 7.89. The molecule has 0 radical (unpaired) electrons. The monoisotopic (exact) mass is 314 g/mol. The molecule has 0 saturated carbocycles. The number of nitrogens with zero attached hydrogens (tertiary/aromatic N) is 2. The van der Waals surface area contributed by atoms with Gasteiger partial charge in [0.2, 0.25) is 12.7 Å². The Morgan fingerprint density at radius 2 is 1.96 bits per heavy atom. The van der Waals surface area contributed by atoms with Crippen LogP contribution in [0.2, 0.25) is 0 Å². The third-order valence-electron chi connectivity index (χ3n) is 3.58. The Labute approximate surface area is 136 Å². The first-order valence-electron chi connectivity index (χ1n) is 7.96. The van der Waals surface area contributed by atoms with E-state index in [1.807, 2.05) is 31.2 Å². The molecule has 1 aliphatic rings. The van der Waals surface area contributed by atoms with Gasteiger partial charge in [0.05, 0.1) is 0 Å². The predicted molar refractivity (Wildman–Crippen MR) is 90.1 cm³/mol. The molecule has 0 amide bonds. The summed E-state index contributed by atoms with van der Waals surface area (Å²) < 4.78 is 10.7. The highest BCUT2D eigenvalue weighted by molar-refractivity contribution is 5.47. The molecule has 0 spiro atoms. The average molecular weight is 314 g/mol. The number of hydrogen-bond acceptors (Lipinski definition) is 6. The first-order chi connectivity index (χ1) is 11.2. The van der Waals surface area contributed by atoms with Crippen molar-refractivity contribution in [2.75, 3.05) is 24.0 Å². The smallest absolute Gasteiger partial charge is 0.231 e. The maximum atomic E-state index is 5.40. The minimum atomic E-state index is 0.296. The molecule has 1 aromatic heterocycles. The summed E-state index contributed by atoms with van der Waals surface area (Å²) in [5.74, 6) is 3.08. The van der Waals surface area contributed by atoms with Gasteiger partial charge in [-0.05, 0) is 31.0 Å². The van der Waals surface area contributed by atoms with Crippen LogP contribution in [0.1, 0.15) is 31.0 Å². The second-order valence-electron chi connectivity index (χ2n) is 5.54. The fraction of sp³-hybridized carbons (Fsp3) is 0.412. The van der Waals surface area contributed by atoms with Crippen LogP contribution in [0, 0.1) is 6.92 Å². The van der Waals surface area contributed by atoms with Gasteiger partial charge in [-0.15, -0.1) is 0 Å². The molecule has 0 atom stereocenters. The van der Waals surface area contributed by atoms with Crippen molar-refractivity contribution < 1.29 is 9.47 Å². The van der Waals surface area contributed by atoms with Crippen LogP contribution in [0.25, 0.3) is 0 Å². The Hall–Kier alpha value is -2.50. The molecule has 0 fully saturated rings. The van der Waals surface area contributed by atoms with E-state index in [1.54, 1.807) is 0 Å². The number of anilines is 2. The second-order valence-corrected chi connectivity index (χ2v) is 5.54. The molecule has 0 saturated heterocycles. The Morgan fingerprint density at radius 1 is 1.09 bits per heavy atom. The van der Waals surface area contributed by atoms with Crippen molar-refractivity contribution in [1.82, 2.24) is 9.97 Å². The summed E-state index contributed by atoms with van der Waals surface area (Å²) in [6.07, 6.45) is 2.26. The van der Waals surface area contributed by atoms with Gasteiger partial charge < -0.3 is 20.1 Å². The predicted octanol–water partition coefficient (Wildman–Crippen LogP) is 3.34. The molecular weight excluding hydrogens is 292 g/mol. The van der Waals surface area contributed by atoms with E-state index in [0.717, 1.165) is 48.0 Å². The number of nitrogens with one attached hydrogen (secondary N) is 2. The summed E-state index contributed by atoms with van der Waals surface area (Å²) in [6.45, 7) is 5.99. The molecule has 1 aliphatic heterocycles. The molecule has 2 N–H and O–H groups in total. The topological polar surface area (TPSA) is 68.3 Å². The maximum Gasteiger partial charge on any atom is 0.231 e. The first kappa shape index (κ1) is 15.4. The Balaban J connectivity index is 1.63. The molecule has 122 valence electrons. The van der Waals surface area contributed by atoms with E-state index in [9.17, 15) is 0 Å². The zero-order valence-corrected chi connectivity index (χ0v) is 13.6. The van der Waals surface area contributed by atoms with Crippen molar-refractivity contribution in [3.63, 3.8) is 0 Å². The molecule has 0 unspecified atom stereocenters. The van der Waals surface area contributed by atoms with Crippen LogP contribution in [-0.2, 0) is 6.54 Å². The van der Waals surface area contributed by atoms with Gasteiger partial charge in [0, 0.05) is 24.8 Å².